The summed E-state index contributed by atoms with van der Waals surface area (Å²) in [7, 11) is -4.18. The number of nitrogens with two attached hydrogens (primary N) is 1. The monoisotopic (exact) mass is 283 g/mol. The number of nitrogens with zero attached hydrogens (tertiary/aromatic N) is 2. The van der Waals surface area contributed by atoms with Crippen LogP contribution in [0.25, 0.3) is 0 Å². The molecule has 0 aliphatic heterocycles. The molecule has 0 amide bonds. The lowest BCUT2D eigenvalue weighted by atomic mass is 10.2. The summed E-state index contributed by atoms with van der Waals surface area (Å²) in [6.45, 7) is 1.78. The Labute approximate surface area is 108 Å². The molecule has 0 aliphatic carbocycles. The Balaban J connectivity index is 2.67. The number of anilines is 1. The maximum atomic E-state index is 13.3. The van der Waals surface area contributed by atoms with Gasteiger partial charge in [-0.05, 0) is 19.1 Å². The fourth-order valence-corrected chi connectivity index (χ4v) is 2.61. The first-order valence-electron chi connectivity index (χ1n) is 5.19. The predicted octanol–water partition coefficient (Wildman–Crippen LogP) is 0.510. The fraction of sp³-hybridized carbons (Fsp3) is 0.0909. The molecule has 100 valence electrons. The molecule has 0 atom stereocenters. The molecule has 0 fully saturated rings. The highest BCUT2D eigenvalue weighted by molar-refractivity contribution is 7.90. The summed E-state index contributed by atoms with van der Waals surface area (Å²) in [6.07, 6.45) is 0.514. The molecule has 1 heterocycles. The number of rotatable bonds is 2. The molecule has 6 nitrogen and oxygen atoms in total. The van der Waals surface area contributed by atoms with Gasteiger partial charge in [-0.3, -0.25) is 0 Å². The third-order valence-electron chi connectivity index (χ3n) is 2.46. The van der Waals surface area contributed by atoms with E-state index in [1.807, 2.05) is 0 Å². The Bertz CT molecular complexity index is 782. The Morgan fingerprint density at radius 1 is 1.26 bits per heavy atom. The molecular weight excluding hydrogens is 273 g/mol. The highest BCUT2D eigenvalue weighted by Gasteiger charge is 2.20. The van der Waals surface area contributed by atoms with Crippen molar-refractivity contribution in [3.8, 4) is 0 Å². The minimum absolute atomic E-state index is 0.133. The number of hydrogen-bond acceptors (Lipinski definition) is 5. The van der Waals surface area contributed by atoms with E-state index in [-0.39, 0.29) is 8.87 Å². The molecule has 2 rings (SSSR count). The van der Waals surface area contributed by atoms with Gasteiger partial charge in [0, 0.05) is 0 Å². The molecule has 0 spiro atoms. The van der Waals surface area contributed by atoms with Crippen molar-refractivity contribution in [1.82, 2.24) is 8.96 Å². The van der Waals surface area contributed by atoms with Crippen LogP contribution in [0.1, 0.15) is 5.56 Å². The number of halogens is 1. The van der Waals surface area contributed by atoms with Crippen molar-refractivity contribution in [1.29, 1.82) is 0 Å². The van der Waals surface area contributed by atoms with E-state index in [4.69, 9.17) is 5.73 Å². The largest absolute Gasteiger partial charge is 0.381 e. The quantitative estimate of drug-likeness (QED) is 0.866. The fourth-order valence-electron chi connectivity index (χ4n) is 1.43. The van der Waals surface area contributed by atoms with Crippen LogP contribution < -0.4 is 11.4 Å². The van der Waals surface area contributed by atoms with Gasteiger partial charge in [0.05, 0.1) is 11.1 Å². The van der Waals surface area contributed by atoms with E-state index in [0.717, 1.165) is 5.56 Å². The third-order valence-corrected chi connectivity index (χ3v) is 4.11. The summed E-state index contributed by atoms with van der Waals surface area (Å²) >= 11 is 0. The van der Waals surface area contributed by atoms with Gasteiger partial charge in [-0.1, -0.05) is 17.7 Å². The molecule has 1 aromatic carbocycles. The summed E-state index contributed by atoms with van der Waals surface area (Å²) in [5.74, 6) is -1.71. The first-order valence-corrected chi connectivity index (χ1v) is 6.63. The Morgan fingerprint density at radius 2 is 1.84 bits per heavy atom. The minimum atomic E-state index is -4.18. The molecule has 2 N–H and O–H groups in total. The van der Waals surface area contributed by atoms with Gasteiger partial charge in [0.2, 0.25) is 0 Å². The van der Waals surface area contributed by atoms with Gasteiger partial charge in [0.1, 0.15) is 0 Å². The highest BCUT2D eigenvalue weighted by Crippen LogP contribution is 2.13. The van der Waals surface area contributed by atoms with Gasteiger partial charge < -0.3 is 5.73 Å². The van der Waals surface area contributed by atoms with Crippen LogP contribution in [0, 0.1) is 12.7 Å². The summed E-state index contributed by atoms with van der Waals surface area (Å²) in [5.41, 5.74) is 4.80. The maximum Gasteiger partial charge on any atom is 0.363 e. The Hall–Kier alpha value is -2.22. The lowest BCUT2D eigenvalue weighted by Gasteiger charge is -2.07. The van der Waals surface area contributed by atoms with Crippen LogP contribution in [0.5, 0.6) is 0 Å². The number of hydrogen-bond donors (Lipinski definition) is 1. The van der Waals surface area contributed by atoms with Gasteiger partial charge in [-0.2, -0.15) is 8.96 Å². The number of nitrogen functional groups attached to an aromatic ring is 1. The Morgan fingerprint density at radius 3 is 2.42 bits per heavy atom. The van der Waals surface area contributed by atoms with Crippen LogP contribution in [-0.2, 0) is 10.0 Å². The lowest BCUT2D eigenvalue weighted by Crippen LogP contribution is -2.30. The zero-order chi connectivity index (χ0) is 14.2. The van der Waals surface area contributed by atoms with E-state index >= 15 is 0 Å². The van der Waals surface area contributed by atoms with Gasteiger partial charge in [0.15, 0.2) is 11.6 Å². The topological polar surface area (TPSA) is 95.1 Å². The second-order valence-corrected chi connectivity index (χ2v) is 5.69. The molecule has 0 bridgehead atoms. The van der Waals surface area contributed by atoms with Crippen LogP contribution in [0.2, 0.25) is 0 Å². The first-order chi connectivity index (χ1) is 8.82. The molecule has 0 unspecified atom stereocenters. The zero-order valence-electron chi connectivity index (χ0n) is 9.87. The van der Waals surface area contributed by atoms with Crippen molar-refractivity contribution < 1.29 is 12.8 Å². The molecule has 8 heteroatoms. The Kier molecular flexibility index (Phi) is 3.11. The average Bonchev–Trinajstić information content (AvgIpc) is 2.34. The van der Waals surface area contributed by atoms with Crippen molar-refractivity contribution in [3.05, 3.63) is 52.3 Å². The smallest absolute Gasteiger partial charge is 0.363 e. The maximum absolute atomic E-state index is 13.3. The average molecular weight is 283 g/mol. The molecule has 2 aromatic rings. The van der Waals surface area contributed by atoms with Crippen LogP contribution in [0.3, 0.4) is 0 Å². The van der Waals surface area contributed by atoms with Crippen LogP contribution in [0.15, 0.2) is 40.2 Å². The van der Waals surface area contributed by atoms with E-state index in [1.165, 1.54) is 12.1 Å². The van der Waals surface area contributed by atoms with Crippen molar-refractivity contribution in [2.24, 2.45) is 0 Å². The zero-order valence-corrected chi connectivity index (χ0v) is 10.7. The van der Waals surface area contributed by atoms with Crippen molar-refractivity contribution in [2.45, 2.75) is 11.8 Å². The summed E-state index contributed by atoms with van der Waals surface area (Å²) in [5, 5.41) is 0. The van der Waals surface area contributed by atoms with Crippen molar-refractivity contribution in [3.63, 3.8) is 0 Å². The molecule has 0 saturated heterocycles. The van der Waals surface area contributed by atoms with Gasteiger partial charge >= 0.3 is 5.69 Å². The van der Waals surface area contributed by atoms with Crippen LogP contribution in [-0.4, -0.2) is 17.4 Å². The van der Waals surface area contributed by atoms with Crippen LogP contribution >= 0.6 is 0 Å². The number of aryl methyl sites for hydroxylation is 1. The van der Waals surface area contributed by atoms with Crippen molar-refractivity contribution >= 4 is 15.8 Å². The molecular formula is C11H10FN3O3S. The first kappa shape index (κ1) is 13.2. The van der Waals surface area contributed by atoms with Gasteiger partial charge in [0.25, 0.3) is 10.0 Å². The number of aromatic nitrogens is 2. The predicted molar refractivity (Wildman–Crippen MR) is 66.6 cm³/mol. The summed E-state index contributed by atoms with van der Waals surface area (Å²) < 4.78 is 37.8. The van der Waals surface area contributed by atoms with Crippen LogP contribution in [0.4, 0.5) is 10.2 Å². The molecule has 19 heavy (non-hydrogen) atoms. The highest BCUT2D eigenvalue weighted by atomic mass is 32.2. The second kappa shape index (κ2) is 4.47. The minimum Gasteiger partial charge on any atom is -0.381 e. The van der Waals surface area contributed by atoms with E-state index in [0.29, 0.717) is 6.20 Å². The van der Waals surface area contributed by atoms with E-state index in [9.17, 15) is 17.6 Å². The number of benzene rings is 1. The molecule has 1 aromatic heterocycles. The van der Waals surface area contributed by atoms with Crippen molar-refractivity contribution in [2.75, 3.05) is 5.73 Å². The molecule has 0 radical (unpaired) electrons. The van der Waals surface area contributed by atoms with E-state index in [1.54, 1.807) is 19.1 Å². The molecule has 0 aliphatic rings. The third kappa shape index (κ3) is 2.34. The molecule has 0 saturated carbocycles. The summed E-state index contributed by atoms with van der Waals surface area (Å²) in [4.78, 5) is 14.5. The summed E-state index contributed by atoms with van der Waals surface area (Å²) in [6, 6.07) is 5.79. The second-order valence-electron chi connectivity index (χ2n) is 3.87. The van der Waals surface area contributed by atoms with Gasteiger partial charge in [-0.25, -0.2) is 17.6 Å². The van der Waals surface area contributed by atoms with E-state index < -0.39 is 27.3 Å². The van der Waals surface area contributed by atoms with Gasteiger partial charge in [-0.15, -0.1) is 0 Å². The SMILES string of the molecule is Cc1ccc(S(=O)(=O)n2cc(F)c(N)nc2=O)cc1. The normalized spacial score (nSPS) is 11.5. The lowest BCUT2D eigenvalue weighted by molar-refractivity contribution is 0.572. The van der Waals surface area contributed by atoms with E-state index in [2.05, 4.69) is 4.98 Å². The standard InChI is InChI=1S/C11H10FN3O3S/c1-7-2-4-8(5-3-7)19(17,18)15-6-9(12)10(13)14-11(15)16/h2-6H,1H3,(H2,13,14,16).